The molecule has 30 heavy (non-hydrogen) atoms. The summed E-state index contributed by atoms with van der Waals surface area (Å²) in [6.07, 6.45) is 0. The molecule has 0 bridgehead atoms. The molecule has 0 saturated heterocycles. The Balaban J connectivity index is 1.68. The van der Waals surface area contributed by atoms with Gasteiger partial charge >= 0.3 is 0 Å². The highest BCUT2D eigenvalue weighted by Crippen LogP contribution is 2.32. The number of ether oxygens (including phenoxy) is 1. The van der Waals surface area contributed by atoms with Gasteiger partial charge in [0.1, 0.15) is 5.75 Å². The minimum atomic E-state index is -3.46. The second-order valence-electron chi connectivity index (χ2n) is 6.92. The number of amides is 1. The lowest BCUT2D eigenvalue weighted by atomic mass is 10.1. The van der Waals surface area contributed by atoms with E-state index in [4.69, 9.17) is 4.74 Å². The summed E-state index contributed by atoms with van der Waals surface area (Å²) in [5.74, 6) is 0.627. The quantitative estimate of drug-likeness (QED) is 0.599. The lowest BCUT2D eigenvalue weighted by Crippen LogP contribution is -2.23. The number of rotatable bonds is 7. The molecule has 1 heterocycles. The molecule has 0 saturated carbocycles. The predicted molar refractivity (Wildman–Crippen MR) is 120 cm³/mol. The largest absolute Gasteiger partial charge is 0.497 e. The average Bonchev–Trinajstić information content (AvgIpc) is 3.14. The van der Waals surface area contributed by atoms with E-state index in [0.717, 1.165) is 27.3 Å². The van der Waals surface area contributed by atoms with Crippen molar-refractivity contribution in [3.05, 3.63) is 69.9 Å². The Hall–Kier alpha value is -2.68. The van der Waals surface area contributed by atoms with Crippen LogP contribution >= 0.6 is 11.3 Å². The molecule has 0 aliphatic carbocycles. The molecule has 0 aliphatic rings. The van der Waals surface area contributed by atoms with E-state index in [-0.39, 0.29) is 10.8 Å². The summed E-state index contributed by atoms with van der Waals surface area (Å²) in [7, 11) is 1.15. The first-order valence-corrected chi connectivity index (χ1v) is 11.5. The highest BCUT2D eigenvalue weighted by Gasteiger charge is 2.17. The summed E-state index contributed by atoms with van der Waals surface area (Å²) in [5.41, 5.74) is 2.87. The number of sulfonamides is 1. The number of hydrogen-bond donors (Lipinski definition) is 1. The van der Waals surface area contributed by atoms with Crippen molar-refractivity contribution >= 4 is 27.3 Å². The molecule has 3 rings (SSSR count). The maximum atomic E-state index is 12.6. The van der Waals surface area contributed by atoms with Crippen LogP contribution in [0.5, 0.6) is 5.75 Å². The van der Waals surface area contributed by atoms with Crippen LogP contribution in [0.15, 0.2) is 59.5 Å². The molecule has 0 radical (unpaired) electrons. The SMILES string of the molecule is COc1ccc(-c2cc(C(=O)NCc3ccc(S(=O)(=O)N(C)C)cc3)sc2C)cc1. The summed E-state index contributed by atoms with van der Waals surface area (Å²) in [4.78, 5) is 14.5. The van der Waals surface area contributed by atoms with E-state index in [1.54, 1.807) is 31.4 Å². The molecule has 1 aromatic heterocycles. The van der Waals surface area contributed by atoms with Gasteiger partial charge in [-0.15, -0.1) is 11.3 Å². The Morgan fingerprint density at radius 1 is 1.07 bits per heavy atom. The van der Waals surface area contributed by atoms with Crippen molar-refractivity contribution in [1.82, 2.24) is 9.62 Å². The molecule has 1 amide bonds. The maximum Gasteiger partial charge on any atom is 0.261 e. The van der Waals surface area contributed by atoms with Gasteiger partial charge in [-0.1, -0.05) is 24.3 Å². The second-order valence-corrected chi connectivity index (χ2v) is 10.3. The van der Waals surface area contributed by atoms with E-state index in [1.807, 2.05) is 37.3 Å². The molecule has 1 N–H and O–H groups in total. The van der Waals surface area contributed by atoms with Crippen molar-refractivity contribution in [1.29, 1.82) is 0 Å². The summed E-state index contributed by atoms with van der Waals surface area (Å²) in [5, 5.41) is 2.90. The number of nitrogens with zero attached hydrogens (tertiary/aromatic N) is 1. The van der Waals surface area contributed by atoms with Crippen LogP contribution in [0.2, 0.25) is 0 Å². The van der Waals surface area contributed by atoms with Crippen LogP contribution in [0.3, 0.4) is 0 Å². The van der Waals surface area contributed by atoms with E-state index >= 15 is 0 Å². The van der Waals surface area contributed by atoms with Gasteiger partial charge in [-0.25, -0.2) is 12.7 Å². The molecule has 0 fully saturated rings. The number of carbonyl (C=O) groups excluding carboxylic acids is 1. The van der Waals surface area contributed by atoms with Gasteiger partial charge in [0.05, 0.1) is 16.9 Å². The van der Waals surface area contributed by atoms with Crippen LogP contribution in [-0.2, 0) is 16.6 Å². The number of methoxy groups -OCH3 is 1. The van der Waals surface area contributed by atoms with Gasteiger partial charge in [-0.2, -0.15) is 0 Å². The van der Waals surface area contributed by atoms with Gasteiger partial charge in [-0.05, 0) is 53.9 Å². The number of hydrogen-bond acceptors (Lipinski definition) is 5. The number of benzene rings is 2. The van der Waals surface area contributed by atoms with E-state index in [1.165, 1.54) is 29.7 Å². The second kappa shape index (κ2) is 8.99. The molecule has 2 aromatic carbocycles. The first-order chi connectivity index (χ1) is 14.2. The molecular weight excluding hydrogens is 420 g/mol. The van der Waals surface area contributed by atoms with Gasteiger partial charge in [0.15, 0.2) is 0 Å². The number of aryl methyl sites for hydroxylation is 1. The van der Waals surface area contributed by atoms with Gasteiger partial charge in [0.2, 0.25) is 10.0 Å². The van der Waals surface area contributed by atoms with Crippen LogP contribution in [0, 0.1) is 6.92 Å². The first kappa shape index (κ1) is 22.0. The lowest BCUT2D eigenvalue weighted by molar-refractivity contribution is 0.0955. The monoisotopic (exact) mass is 444 g/mol. The van der Waals surface area contributed by atoms with Crippen molar-refractivity contribution in [2.75, 3.05) is 21.2 Å². The fourth-order valence-electron chi connectivity index (χ4n) is 2.91. The van der Waals surface area contributed by atoms with Crippen LogP contribution in [0.25, 0.3) is 11.1 Å². The first-order valence-electron chi connectivity index (χ1n) is 9.27. The molecule has 0 unspecified atom stereocenters. The minimum Gasteiger partial charge on any atom is -0.497 e. The average molecular weight is 445 g/mol. The third kappa shape index (κ3) is 4.72. The van der Waals surface area contributed by atoms with Gasteiger partial charge in [0, 0.05) is 25.5 Å². The Bertz CT molecular complexity index is 1130. The fraction of sp³-hybridized carbons (Fsp3) is 0.227. The molecule has 6 nitrogen and oxygen atoms in total. The van der Waals surface area contributed by atoms with E-state index in [9.17, 15) is 13.2 Å². The summed E-state index contributed by atoms with van der Waals surface area (Å²) in [6, 6.07) is 16.1. The molecule has 0 spiro atoms. The highest BCUT2D eigenvalue weighted by atomic mass is 32.2. The Morgan fingerprint density at radius 2 is 1.70 bits per heavy atom. The van der Waals surface area contributed by atoms with Crippen molar-refractivity contribution in [3.8, 4) is 16.9 Å². The maximum absolute atomic E-state index is 12.6. The third-order valence-corrected chi connectivity index (χ3v) is 7.58. The normalized spacial score (nSPS) is 11.5. The molecular formula is C22H24N2O4S2. The van der Waals surface area contributed by atoms with Gasteiger partial charge in [-0.3, -0.25) is 4.79 Å². The lowest BCUT2D eigenvalue weighted by Gasteiger charge is -2.11. The topological polar surface area (TPSA) is 75.7 Å². The number of thiophene rings is 1. The molecule has 158 valence electrons. The summed E-state index contributed by atoms with van der Waals surface area (Å²) < 4.78 is 30.6. The molecule has 8 heteroatoms. The van der Waals surface area contributed by atoms with Crippen LogP contribution < -0.4 is 10.1 Å². The minimum absolute atomic E-state index is 0.159. The number of nitrogens with one attached hydrogen (secondary N) is 1. The van der Waals surface area contributed by atoms with E-state index in [2.05, 4.69) is 5.32 Å². The van der Waals surface area contributed by atoms with Crippen molar-refractivity contribution < 1.29 is 17.9 Å². The zero-order valence-electron chi connectivity index (χ0n) is 17.3. The Kier molecular flexibility index (Phi) is 6.60. The zero-order chi connectivity index (χ0) is 21.9. The highest BCUT2D eigenvalue weighted by molar-refractivity contribution is 7.89. The Morgan fingerprint density at radius 3 is 2.27 bits per heavy atom. The van der Waals surface area contributed by atoms with E-state index < -0.39 is 10.0 Å². The van der Waals surface area contributed by atoms with E-state index in [0.29, 0.717) is 11.4 Å². The standard InChI is InChI=1S/C22H24N2O4S2/c1-15-20(17-7-9-18(28-4)10-8-17)13-21(29-15)22(25)23-14-16-5-11-19(12-6-16)30(26,27)24(2)3/h5-13H,14H2,1-4H3,(H,23,25). The molecule has 0 atom stereocenters. The van der Waals surface area contributed by atoms with Crippen LogP contribution in [-0.4, -0.2) is 39.8 Å². The third-order valence-electron chi connectivity index (χ3n) is 4.70. The van der Waals surface area contributed by atoms with Crippen molar-refractivity contribution in [2.24, 2.45) is 0 Å². The summed E-state index contributed by atoms with van der Waals surface area (Å²) in [6.45, 7) is 2.31. The smallest absolute Gasteiger partial charge is 0.261 e. The summed E-state index contributed by atoms with van der Waals surface area (Å²) >= 11 is 1.44. The number of carbonyl (C=O) groups is 1. The Labute approximate surface area is 181 Å². The van der Waals surface area contributed by atoms with Crippen LogP contribution in [0.1, 0.15) is 20.1 Å². The fourth-order valence-corrected chi connectivity index (χ4v) is 4.77. The van der Waals surface area contributed by atoms with Crippen molar-refractivity contribution in [2.45, 2.75) is 18.4 Å². The van der Waals surface area contributed by atoms with Crippen molar-refractivity contribution in [3.63, 3.8) is 0 Å². The van der Waals surface area contributed by atoms with Gasteiger partial charge < -0.3 is 10.1 Å². The molecule has 0 aliphatic heterocycles. The zero-order valence-corrected chi connectivity index (χ0v) is 18.9. The van der Waals surface area contributed by atoms with Gasteiger partial charge in [0.25, 0.3) is 5.91 Å². The predicted octanol–water partition coefficient (Wildman–Crippen LogP) is 3.91. The van der Waals surface area contributed by atoms with Crippen LogP contribution in [0.4, 0.5) is 0 Å². The molecule has 3 aromatic rings.